The van der Waals surface area contributed by atoms with Crippen LogP contribution in [0.25, 0.3) is 6.08 Å². The second kappa shape index (κ2) is 9.73. The summed E-state index contributed by atoms with van der Waals surface area (Å²) in [6.45, 7) is 2.95. The molecular formula is C22H24N2O5. The van der Waals surface area contributed by atoms with E-state index in [0.717, 1.165) is 0 Å². The molecule has 0 atom stereocenters. The lowest BCUT2D eigenvalue weighted by Crippen LogP contribution is -2.44. The van der Waals surface area contributed by atoms with E-state index in [1.165, 1.54) is 12.3 Å². The van der Waals surface area contributed by atoms with Crippen molar-refractivity contribution in [2.24, 2.45) is 5.92 Å². The van der Waals surface area contributed by atoms with Gasteiger partial charge in [-0.1, -0.05) is 18.2 Å². The highest BCUT2D eigenvalue weighted by Gasteiger charge is 2.30. The maximum atomic E-state index is 13.1. The minimum absolute atomic E-state index is 0.128. The lowest BCUT2D eigenvalue weighted by atomic mass is 9.97. The van der Waals surface area contributed by atoms with E-state index < -0.39 is 0 Å². The number of rotatable bonds is 6. The van der Waals surface area contributed by atoms with Crippen LogP contribution in [0.15, 0.2) is 58.8 Å². The first-order valence-corrected chi connectivity index (χ1v) is 9.66. The summed E-state index contributed by atoms with van der Waals surface area (Å²) in [5.41, 5.74) is 0.579. The zero-order valence-electron chi connectivity index (χ0n) is 16.3. The molecular weight excluding hydrogens is 372 g/mol. The third-order valence-electron chi connectivity index (χ3n) is 4.75. The maximum Gasteiger partial charge on any atom is 0.309 e. The summed E-state index contributed by atoms with van der Waals surface area (Å²) in [7, 11) is 0. The monoisotopic (exact) mass is 396 g/mol. The third kappa shape index (κ3) is 5.34. The molecule has 0 spiro atoms. The maximum absolute atomic E-state index is 13.1. The average molecular weight is 396 g/mol. The van der Waals surface area contributed by atoms with Crippen molar-refractivity contribution < 1.29 is 23.5 Å². The van der Waals surface area contributed by atoms with Gasteiger partial charge in [-0.3, -0.25) is 14.4 Å². The molecule has 1 aliphatic rings. The van der Waals surface area contributed by atoms with Crippen LogP contribution in [0.5, 0.6) is 0 Å². The lowest BCUT2D eigenvalue weighted by Gasteiger charge is -2.31. The van der Waals surface area contributed by atoms with Crippen LogP contribution in [0, 0.1) is 5.92 Å². The molecule has 3 rings (SSSR count). The Balaban J connectivity index is 1.72. The molecule has 0 saturated carbocycles. The van der Waals surface area contributed by atoms with Crippen LogP contribution in [0.4, 0.5) is 0 Å². The van der Waals surface area contributed by atoms with Crippen molar-refractivity contribution in [3.05, 3.63) is 65.7 Å². The van der Waals surface area contributed by atoms with Gasteiger partial charge in [0.05, 0.1) is 18.8 Å². The van der Waals surface area contributed by atoms with E-state index in [4.69, 9.17) is 9.15 Å². The van der Waals surface area contributed by atoms with E-state index in [-0.39, 0.29) is 29.4 Å². The van der Waals surface area contributed by atoms with Gasteiger partial charge in [-0.15, -0.1) is 0 Å². The van der Waals surface area contributed by atoms with Crippen molar-refractivity contribution in [1.29, 1.82) is 0 Å². The molecule has 1 saturated heterocycles. The second-order valence-corrected chi connectivity index (χ2v) is 6.71. The molecule has 1 aromatic carbocycles. The lowest BCUT2D eigenvalue weighted by molar-refractivity contribution is -0.150. The fourth-order valence-corrected chi connectivity index (χ4v) is 3.20. The Morgan fingerprint density at radius 3 is 2.48 bits per heavy atom. The van der Waals surface area contributed by atoms with Crippen LogP contribution in [-0.2, 0) is 14.3 Å². The van der Waals surface area contributed by atoms with Crippen LogP contribution < -0.4 is 5.32 Å². The molecule has 7 nitrogen and oxygen atoms in total. The van der Waals surface area contributed by atoms with Crippen LogP contribution in [-0.4, -0.2) is 42.4 Å². The molecule has 2 amide bonds. The molecule has 2 heterocycles. The summed E-state index contributed by atoms with van der Waals surface area (Å²) in [6.07, 6.45) is 4.08. The predicted molar refractivity (Wildman–Crippen MR) is 107 cm³/mol. The largest absolute Gasteiger partial charge is 0.466 e. The highest BCUT2D eigenvalue weighted by molar-refractivity contribution is 6.05. The third-order valence-corrected chi connectivity index (χ3v) is 4.75. The second-order valence-electron chi connectivity index (χ2n) is 6.71. The van der Waals surface area contributed by atoms with Crippen LogP contribution in [0.3, 0.4) is 0 Å². The number of furan rings is 1. The van der Waals surface area contributed by atoms with Crippen LogP contribution in [0.2, 0.25) is 0 Å². The first-order chi connectivity index (χ1) is 14.1. The molecule has 29 heavy (non-hydrogen) atoms. The normalized spacial score (nSPS) is 15.1. The number of piperidine rings is 1. The molecule has 1 aromatic heterocycles. The van der Waals surface area contributed by atoms with Gasteiger partial charge in [0, 0.05) is 24.7 Å². The van der Waals surface area contributed by atoms with E-state index in [2.05, 4.69) is 5.32 Å². The van der Waals surface area contributed by atoms with E-state index in [1.807, 2.05) is 6.07 Å². The van der Waals surface area contributed by atoms with Gasteiger partial charge in [-0.2, -0.15) is 0 Å². The van der Waals surface area contributed by atoms with Crippen molar-refractivity contribution in [1.82, 2.24) is 10.2 Å². The first kappa shape index (κ1) is 20.4. The van der Waals surface area contributed by atoms with Gasteiger partial charge >= 0.3 is 5.97 Å². The number of benzene rings is 1. The van der Waals surface area contributed by atoms with Crippen molar-refractivity contribution >= 4 is 23.9 Å². The number of carbonyl (C=O) groups is 3. The van der Waals surface area contributed by atoms with Crippen molar-refractivity contribution in [3.8, 4) is 0 Å². The molecule has 2 aromatic rings. The number of hydrogen-bond donors (Lipinski definition) is 1. The SMILES string of the molecule is CCOC(=O)C1CCN(C(=O)/C(=C/c2ccco2)NC(=O)c2ccccc2)CC1. The fraction of sp³-hybridized carbons (Fsp3) is 0.318. The van der Waals surface area contributed by atoms with Gasteiger partial charge < -0.3 is 19.4 Å². The number of hydrogen-bond acceptors (Lipinski definition) is 5. The smallest absolute Gasteiger partial charge is 0.309 e. The number of nitrogens with one attached hydrogen (secondary N) is 1. The molecule has 1 aliphatic heterocycles. The Kier molecular flexibility index (Phi) is 6.84. The van der Waals surface area contributed by atoms with Gasteiger partial charge in [0.1, 0.15) is 11.5 Å². The van der Waals surface area contributed by atoms with Gasteiger partial charge in [-0.05, 0) is 44.0 Å². The predicted octanol–water partition coefficient (Wildman–Crippen LogP) is 2.85. The quantitative estimate of drug-likeness (QED) is 0.599. The Labute approximate surface area is 169 Å². The zero-order valence-corrected chi connectivity index (χ0v) is 16.3. The number of nitrogens with zero attached hydrogens (tertiary/aromatic N) is 1. The topological polar surface area (TPSA) is 88.8 Å². The average Bonchev–Trinajstić information content (AvgIpc) is 3.27. The Morgan fingerprint density at radius 1 is 1.14 bits per heavy atom. The van der Waals surface area contributed by atoms with Crippen molar-refractivity contribution in [3.63, 3.8) is 0 Å². The Bertz CT molecular complexity index is 866. The number of amides is 2. The van der Waals surface area contributed by atoms with Crippen molar-refractivity contribution in [2.75, 3.05) is 19.7 Å². The van der Waals surface area contributed by atoms with Crippen molar-refractivity contribution in [2.45, 2.75) is 19.8 Å². The van der Waals surface area contributed by atoms with E-state index in [9.17, 15) is 14.4 Å². The number of carbonyl (C=O) groups excluding carboxylic acids is 3. The molecule has 7 heteroatoms. The van der Waals surface area contributed by atoms with E-state index in [1.54, 1.807) is 48.2 Å². The van der Waals surface area contributed by atoms with Gasteiger partial charge in [0.2, 0.25) is 0 Å². The Morgan fingerprint density at radius 2 is 1.86 bits per heavy atom. The Hall–Kier alpha value is -3.35. The molecule has 152 valence electrons. The van der Waals surface area contributed by atoms with Crippen LogP contribution in [0.1, 0.15) is 35.9 Å². The van der Waals surface area contributed by atoms with E-state index in [0.29, 0.717) is 43.9 Å². The number of likely N-dealkylation sites (tertiary alicyclic amines) is 1. The van der Waals surface area contributed by atoms with E-state index >= 15 is 0 Å². The molecule has 0 bridgehead atoms. The minimum atomic E-state index is -0.377. The van der Waals surface area contributed by atoms with Gasteiger partial charge in [-0.25, -0.2) is 0 Å². The minimum Gasteiger partial charge on any atom is -0.466 e. The summed E-state index contributed by atoms with van der Waals surface area (Å²) in [4.78, 5) is 39.2. The summed E-state index contributed by atoms with van der Waals surface area (Å²) in [6, 6.07) is 12.1. The molecule has 0 unspecified atom stereocenters. The first-order valence-electron chi connectivity index (χ1n) is 9.66. The summed E-state index contributed by atoms with van der Waals surface area (Å²) < 4.78 is 10.4. The molecule has 1 fully saturated rings. The highest BCUT2D eigenvalue weighted by atomic mass is 16.5. The standard InChI is InChI=1S/C22H24N2O5/c1-2-28-22(27)17-10-12-24(13-11-17)21(26)19(15-18-9-6-14-29-18)23-20(25)16-7-4-3-5-8-16/h3-9,14-15,17H,2,10-13H2,1H3,(H,23,25)/b19-15-. The number of esters is 1. The molecule has 1 N–H and O–H groups in total. The molecule has 0 radical (unpaired) electrons. The van der Waals surface area contributed by atoms with Crippen LogP contribution >= 0.6 is 0 Å². The van der Waals surface area contributed by atoms with Gasteiger partial charge in [0.25, 0.3) is 11.8 Å². The zero-order chi connectivity index (χ0) is 20.6. The summed E-state index contributed by atoms with van der Waals surface area (Å²) in [5, 5.41) is 2.70. The summed E-state index contributed by atoms with van der Waals surface area (Å²) >= 11 is 0. The van der Waals surface area contributed by atoms with Gasteiger partial charge in [0.15, 0.2) is 0 Å². The molecule has 0 aliphatic carbocycles. The summed E-state index contributed by atoms with van der Waals surface area (Å²) in [5.74, 6) is -0.645. The fourth-order valence-electron chi connectivity index (χ4n) is 3.20. The number of ether oxygens (including phenoxy) is 1. The highest BCUT2D eigenvalue weighted by Crippen LogP contribution is 2.20.